The summed E-state index contributed by atoms with van der Waals surface area (Å²) in [5.74, 6) is 0.892. The predicted molar refractivity (Wildman–Crippen MR) is 128 cm³/mol. The summed E-state index contributed by atoms with van der Waals surface area (Å²) in [6.07, 6.45) is 5.34. The smallest absolute Gasteiger partial charge is 0.135 e. The molecule has 6 heteroatoms. The Bertz CT molecular complexity index is 920. The number of fused-ring (bicyclic) bond motifs is 1. The van der Waals surface area contributed by atoms with E-state index in [-0.39, 0.29) is 12.2 Å². The van der Waals surface area contributed by atoms with Gasteiger partial charge in [0, 0.05) is 13.1 Å². The molecule has 166 valence electrons. The van der Waals surface area contributed by atoms with Crippen LogP contribution >= 0.6 is 11.3 Å². The minimum atomic E-state index is -0.174. The molecule has 3 aromatic rings. The molecule has 1 aliphatic rings. The molecule has 1 fully saturated rings. The van der Waals surface area contributed by atoms with Crippen molar-refractivity contribution in [1.29, 1.82) is 0 Å². The zero-order chi connectivity index (χ0) is 21.5. The van der Waals surface area contributed by atoms with Gasteiger partial charge in [0.1, 0.15) is 16.9 Å². The number of unbranched alkanes of at least 4 members (excludes halogenated alkanes) is 2. The van der Waals surface area contributed by atoms with Crippen LogP contribution in [0.1, 0.15) is 48.8 Å². The molecule has 5 nitrogen and oxygen atoms in total. The molecule has 31 heavy (non-hydrogen) atoms. The molecule has 0 spiro atoms. The van der Waals surface area contributed by atoms with Crippen LogP contribution in [0.25, 0.3) is 10.2 Å². The Balaban J connectivity index is 1.54. The summed E-state index contributed by atoms with van der Waals surface area (Å²) in [6.45, 7) is 3.60. The van der Waals surface area contributed by atoms with Gasteiger partial charge in [0.2, 0.25) is 0 Å². The van der Waals surface area contributed by atoms with Gasteiger partial charge in [-0.25, -0.2) is 4.98 Å². The lowest BCUT2D eigenvalue weighted by Gasteiger charge is -2.31. The monoisotopic (exact) mass is 439 g/mol. The normalized spacial score (nSPS) is 16.6. The average Bonchev–Trinajstić information content (AvgIpc) is 3.23. The highest BCUT2D eigenvalue weighted by molar-refractivity contribution is 7.18. The van der Waals surface area contributed by atoms with E-state index in [1.54, 1.807) is 11.3 Å². The molecular weight excluding hydrogens is 406 g/mol. The van der Waals surface area contributed by atoms with Gasteiger partial charge in [-0.15, -0.1) is 11.3 Å². The number of hydrogen-bond donors (Lipinski definition) is 1. The van der Waals surface area contributed by atoms with Gasteiger partial charge < -0.3 is 20.1 Å². The molecule has 1 unspecified atom stereocenters. The van der Waals surface area contributed by atoms with Crippen LogP contribution in [0.2, 0.25) is 0 Å². The first-order valence-corrected chi connectivity index (χ1v) is 12.2. The van der Waals surface area contributed by atoms with Crippen LogP contribution in [0.3, 0.4) is 0 Å². The molecule has 4 rings (SSSR count). The number of aromatic nitrogens is 1. The van der Waals surface area contributed by atoms with E-state index in [2.05, 4.69) is 48.3 Å². The van der Waals surface area contributed by atoms with Crippen molar-refractivity contribution in [3.05, 3.63) is 59.1 Å². The Kier molecular flexibility index (Phi) is 7.92. The summed E-state index contributed by atoms with van der Waals surface area (Å²) in [6, 6.07) is 16.6. The fraction of sp³-hybridized carbons (Fsp3) is 0.480. The molecule has 0 amide bonds. The maximum absolute atomic E-state index is 6.71. The van der Waals surface area contributed by atoms with Gasteiger partial charge in [-0.1, -0.05) is 24.3 Å². The Hall–Kier alpha value is -1.99. The van der Waals surface area contributed by atoms with Crippen molar-refractivity contribution in [3.63, 3.8) is 0 Å². The van der Waals surface area contributed by atoms with E-state index < -0.39 is 0 Å². The summed E-state index contributed by atoms with van der Waals surface area (Å²) < 4.78 is 13.9. The lowest BCUT2D eigenvalue weighted by atomic mass is 10.1. The van der Waals surface area contributed by atoms with Crippen molar-refractivity contribution in [2.24, 2.45) is 5.73 Å². The second-order valence-electron chi connectivity index (χ2n) is 8.31. The van der Waals surface area contributed by atoms with Crippen molar-refractivity contribution < 1.29 is 9.47 Å². The van der Waals surface area contributed by atoms with E-state index in [4.69, 9.17) is 20.2 Å². The number of rotatable bonds is 10. The third-order valence-corrected chi connectivity index (χ3v) is 6.89. The second kappa shape index (κ2) is 11.0. The zero-order valence-corrected chi connectivity index (χ0v) is 19.2. The van der Waals surface area contributed by atoms with Gasteiger partial charge in [-0.05, 0) is 75.5 Å². The maximum atomic E-state index is 6.71. The van der Waals surface area contributed by atoms with E-state index >= 15 is 0 Å². The quantitative estimate of drug-likeness (QED) is 0.450. The van der Waals surface area contributed by atoms with Gasteiger partial charge >= 0.3 is 0 Å². The van der Waals surface area contributed by atoms with Gasteiger partial charge in [-0.2, -0.15) is 0 Å². The molecule has 1 aliphatic heterocycles. The lowest BCUT2D eigenvalue weighted by Crippen LogP contribution is -2.35. The minimum absolute atomic E-state index is 0.174. The van der Waals surface area contributed by atoms with Crippen LogP contribution in [-0.4, -0.2) is 49.3 Å². The molecule has 1 aromatic heterocycles. The minimum Gasteiger partial charge on any atom is -0.494 e. The Morgan fingerprint density at radius 2 is 1.94 bits per heavy atom. The number of ether oxygens (including phenoxy) is 2. The number of nitrogens with zero attached hydrogens (tertiary/aromatic N) is 2. The molecule has 2 N–H and O–H groups in total. The van der Waals surface area contributed by atoms with Crippen LogP contribution in [-0.2, 0) is 4.74 Å². The average molecular weight is 440 g/mol. The summed E-state index contributed by atoms with van der Waals surface area (Å²) in [5.41, 5.74) is 7.72. The van der Waals surface area contributed by atoms with Crippen LogP contribution in [0.15, 0.2) is 48.5 Å². The summed E-state index contributed by atoms with van der Waals surface area (Å²) in [7, 11) is 2.18. The van der Waals surface area contributed by atoms with E-state index in [9.17, 15) is 0 Å². The highest BCUT2D eigenvalue weighted by Crippen LogP contribution is 2.36. The summed E-state index contributed by atoms with van der Waals surface area (Å²) in [5, 5.41) is 1.01. The SMILES string of the molecule is CN1CCC(OC(c2cccc(OCCCCCN)c2)c2nc3ccccc3s2)CC1. The molecule has 0 bridgehead atoms. The third kappa shape index (κ3) is 6.04. The fourth-order valence-electron chi connectivity index (χ4n) is 3.98. The number of nitrogens with two attached hydrogens (primary N) is 1. The first kappa shape index (κ1) is 22.2. The molecular formula is C25H33N3O2S. The largest absolute Gasteiger partial charge is 0.494 e. The van der Waals surface area contributed by atoms with Crippen LogP contribution in [0.4, 0.5) is 0 Å². The van der Waals surface area contributed by atoms with Crippen molar-refractivity contribution in [2.45, 2.75) is 44.3 Å². The van der Waals surface area contributed by atoms with Crippen LogP contribution in [0, 0.1) is 0 Å². The zero-order valence-electron chi connectivity index (χ0n) is 18.3. The van der Waals surface area contributed by atoms with Crippen molar-refractivity contribution in [3.8, 4) is 5.75 Å². The van der Waals surface area contributed by atoms with Gasteiger partial charge in [0.05, 0.1) is 22.9 Å². The van der Waals surface area contributed by atoms with E-state index in [0.29, 0.717) is 6.61 Å². The number of para-hydroxylation sites is 1. The molecule has 1 saturated heterocycles. The van der Waals surface area contributed by atoms with Crippen molar-refractivity contribution in [1.82, 2.24) is 9.88 Å². The van der Waals surface area contributed by atoms with Crippen LogP contribution in [0.5, 0.6) is 5.75 Å². The highest BCUT2D eigenvalue weighted by atomic mass is 32.1. The molecule has 0 saturated carbocycles. The van der Waals surface area contributed by atoms with Crippen molar-refractivity contribution >= 4 is 21.6 Å². The molecule has 2 aromatic carbocycles. The van der Waals surface area contributed by atoms with E-state index in [1.807, 2.05) is 12.1 Å². The van der Waals surface area contributed by atoms with Gasteiger partial charge in [0.15, 0.2) is 0 Å². The van der Waals surface area contributed by atoms with Crippen LogP contribution < -0.4 is 10.5 Å². The number of hydrogen-bond acceptors (Lipinski definition) is 6. The number of likely N-dealkylation sites (tertiary alicyclic amines) is 1. The first-order chi connectivity index (χ1) is 15.2. The molecule has 2 heterocycles. The molecule has 0 radical (unpaired) electrons. The predicted octanol–water partition coefficient (Wildman–Crippen LogP) is 5.00. The Morgan fingerprint density at radius 1 is 1.10 bits per heavy atom. The summed E-state index contributed by atoms with van der Waals surface area (Å²) >= 11 is 1.72. The van der Waals surface area contributed by atoms with Crippen molar-refractivity contribution in [2.75, 3.05) is 33.3 Å². The van der Waals surface area contributed by atoms with Gasteiger partial charge in [-0.3, -0.25) is 0 Å². The summed E-state index contributed by atoms with van der Waals surface area (Å²) in [4.78, 5) is 7.29. The molecule has 1 atom stereocenters. The number of benzene rings is 2. The third-order valence-electron chi connectivity index (χ3n) is 5.81. The lowest BCUT2D eigenvalue weighted by molar-refractivity contribution is -0.0235. The molecule has 0 aliphatic carbocycles. The highest BCUT2D eigenvalue weighted by Gasteiger charge is 2.26. The number of thiazole rings is 1. The number of piperidine rings is 1. The fourth-order valence-corrected chi connectivity index (χ4v) is 5.01. The van der Waals surface area contributed by atoms with E-state index in [1.165, 1.54) is 4.70 Å². The Labute approximate surface area is 189 Å². The second-order valence-corrected chi connectivity index (χ2v) is 9.37. The first-order valence-electron chi connectivity index (χ1n) is 11.4. The Morgan fingerprint density at radius 3 is 2.74 bits per heavy atom. The van der Waals surface area contributed by atoms with E-state index in [0.717, 1.165) is 73.6 Å². The standard InChI is InChI=1S/C25H33N3O2S/c1-28-15-12-20(13-16-28)30-24(25-27-22-10-3-4-11-23(22)31-25)19-8-7-9-21(18-19)29-17-6-2-5-14-26/h3-4,7-11,18,20,24H,2,5-6,12-17,26H2,1H3. The topological polar surface area (TPSA) is 60.6 Å². The maximum Gasteiger partial charge on any atom is 0.135 e. The van der Waals surface area contributed by atoms with Gasteiger partial charge in [0.25, 0.3) is 0 Å².